The van der Waals surface area contributed by atoms with Crippen LogP contribution in [-0.4, -0.2) is 33.2 Å². The number of rotatable bonds is 6. The van der Waals surface area contributed by atoms with Gasteiger partial charge in [0.25, 0.3) is 15.6 Å². The van der Waals surface area contributed by atoms with Gasteiger partial charge in [-0.05, 0) is 49.4 Å². The third-order valence-corrected chi connectivity index (χ3v) is 7.57. The second-order valence-corrected chi connectivity index (χ2v) is 10.5. The molecule has 2 aromatic carbocycles. The van der Waals surface area contributed by atoms with Crippen LogP contribution in [0.3, 0.4) is 0 Å². The summed E-state index contributed by atoms with van der Waals surface area (Å²) in [7, 11) is -3.54. The Morgan fingerprint density at radius 3 is 2.34 bits per heavy atom. The van der Waals surface area contributed by atoms with E-state index in [1.165, 1.54) is 44.2 Å². The second kappa shape index (κ2) is 10.5. The summed E-state index contributed by atoms with van der Waals surface area (Å²) in [5, 5.41) is 13.3. The van der Waals surface area contributed by atoms with Crippen molar-refractivity contribution >= 4 is 15.9 Å². The minimum absolute atomic E-state index is 0.181. The zero-order valence-electron chi connectivity index (χ0n) is 21.7. The zero-order chi connectivity index (χ0) is 30.3. The van der Waals surface area contributed by atoms with Crippen LogP contribution in [0.4, 0.5) is 13.2 Å². The van der Waals surface area contributed by atoms with E-state index >= 15 is 0 Å². The number of benzene rings is 2. The minimum atomic E-state index is -4.73. The first kappa shape index (κ1) is 29.0. The highest BCUT2D eigenvalue weighted by atomic mass is 32.2. The van der Waals surface area contributed by atoms with Crippen molar-refractivity contribution in [1.29, 1.82) is 5.26 Å². The van der Waals surface area contributed by atoms with Crippen LogP contribution in [0.5, 0.6) is 0 Å². The summed E-state index contributed by atoms with van der Waals surface area (Å²) < 4.78 is 71.4. The Balaban J connectivity index is 2.12. The van der Waals surface area contributed by atoms with Crippen LogP contribution in [0.15, 0.2) is 69.2 Å². The number of carbonyl (C=O) groups excluding carboxylic acids is 1. The SMILES string of the molecule is CCC(=O)NS(=O)(=O)c1cnn(-c2ccc(C#N)cc2)c1-c1c(C)n(-c2cccc(C(F)(F)F)c2)c(=O)n(C)c1=O. The van der Waals surface area contributed by atoms with E-state index in [9.17, 15) is 36.0 Å². The molecule has 4 aromatic rings. The smallest absolute Gasteiger partial charge is 0.274 e. The lowest BCUT2D eigenvalue weighted by molar-refractivity contribution is -0.137. The summed E-state index contributed by atoms with van der Waals surface area (Å²) in [5.41, 5.74) is -3.67. The molecule has 0 radical (unpaired) electrons. The molecule has 1 amide bonds. The van der Waals surface area contributed by atoms with Gasteiger partial charge in [-0.15, -0.1) is 0 Å². The highest BCUT2D eigenvalue weighted by Gasteiger charge is 2.33. The lowest BCUT2D eigenvalue weighted by atomic mass is 10.1. The van der Waals surface area contributed by atoms with Gasteiger partial charge in [0.15, 0.2) is 0 Å². The minimum Gasteiger partial charge on any atom is -0.274 e. The number of carbonyl (C=O) groups is 1. The molecule has 0 aliphatic carbocycles. The molecule has 212 valence electrons. The predicted octanol–water partition coefficient (Wildman–Crippen LogP) is 2.80. The normalized spacial score (nSPS) is 11.7. The van der Waals surface area contributed by atoms with Crippen molar-refractivity contribution < 1.29 is 26.4 Å². The number of hydrogen-bond donors (Lipinski definition) is 1. The van der Waals surface area contributed by atoms with Crippen molar-refractivity contribution in [1.82, 2.24) is 23.6 Å². The van der Waals surface area contributed by atoms with Crippen molar-refractivity contribution in [3.05, 3.63) is 92.4 Å². The number of aromatic nitrogens is 4. The lowest BCUT2D eigenvalue weighted by Crippen LogP contribution is -2.40. The first-order chi connectivity index (χ1) is 19.2. The van der Waals surface area contributed by atoms with Gasteiger partial charge in [-0.1, -0.05) is 13.0 Å². The quantitative estimate of drug-likeness (QED) is 0.365. The summed E-state index contributed by atoms with van der Waals surface area (Å²) in [6.07, 6.45) is -4.01. The lowest BCUT2D eigenvalue weighted by Gasteiger charge is -2.18. The second-order valence-electron chi connectivity index (χ2n) is 8.80. The number of nitriles is 1. The molecule has 0 spiro atoms. The average molecular weight is 587 g/mol. The van der Waals surface area contributed by atoms with Gasteiger partial charge in [0, 0.05) is 19.2 Å². The molecule has 0 aliphatic rings. The molecule has 0 unspecified atom stereocenters. The van der Waals surface area contributed by atoms with E-state index in [0.717, 1.165) is 40.7 Å². The third kappa shape index (κ3) is 5.29. The Labute approximate surface area is 230 Å². The van der Waals surface area contributed by atoms with Crippen molar-refractivity contribution in [3.8, 4) is 28.7 Å². The average Bonchev–Trinajstić information content (AvgIpc) is 3.37. The Morgan fingerprint density at radius 1 is 1.10 bits per heavy atom. The molecule has 0 bridgehead atoms. The van der Waals surface area contributed by atoms with Gasteiger partial charge in [0.1, 0.15) is 10.6 Å². The fraction of sp³-hybridized carbons (Fsp3) is 0.192. The summed E-state index contributed by atoms with van der Waals surface area (Å²) in [5.74, 6) is -0.847. The molecule has 41 heavy (non-hydrogen) atoms. The topological polar surface area (TPSA) is 149 Å². The van der Waals surface area contributed by atoms with Gasteiger partial charge in [0.2, 0.25) is 5.91 Å². The van der Waals surface area contributed by atoms with E-state index in [-0.39, 0.29) is 40.3 Å². The van der Waals surface area contributed by atoms with Crippen LogP contribution in [0.25, 0.3) is 22.6 Å². The molecule has 4 rings (SSSR count). The fourth-order valence-corrected chi connectivity index (χ4v) is 5.30. The highest BCUT2D eigenvalue weighted by molar-refractivity contribution is 7.90. The number of alkyl halides is 3. The summed E-state index contributed by atoms with van der Waals surface area (Å²) in [4.78, 5) is 38.2. The van der Waals surface area contributed by atoms with Crippen LogP contribution in [0, 0.1) is 18.3 Å². The standard InChI is InChI=1S/C26H21F3N6O5S/c1-4-21(36)32-41(39,40)20-14-31-35(18-10-8-16(13-30)9-11-18)23(20)22-15(2)34(25(38)33(3)24(22)37)19-7-5-6-17(12-19)26(27,28)29/h5-12,14H,4H2,1-3H3,(H,32,36). The highest BCUT2D eigenvalue weighted by Crippen LogP contribution is 2.33. The molecular formula is C26H21F3N6O5S. The molecule has 0 fully saturated rings. The number of sulfonamides is 1. The van der Waals surface area contributed by atoms with Crippen molar-refractivity contribution in [2.45, 2.75) is 31.3 Å². The molecule has 11 nitrogen and oxygen atoms in total. The van der Waals surface area contributed by atoms with Gasteiger partial charge in [-0.3, -0.25) is 18.7 Å². The molecule has 15 heteroatoms. The Bertz CT molecular complexity index is 1950. The molecule has 0 aliphatic heterocycles. The Hall–Kier alpha value is -4.97. The molecule has 0 saturated carbocycles. The van der Waals surface area contributed by atoms with Gasteiger partial charge in [0.05, 0.1) is 40.3 Å². The van der Waals surface area contributed by atoms with Crippen LogP contribution in [-0.2, 0) is 28.0 Å². The maximum absolute atomic E-state index is 13.6. The fourth-order valence-electron chi connectivity index (χ4n) is 4.12. The molecule has 2 heterocycles. The first-order valence-corrected chi connectivity index (χ1v) is 13.3. The summed E-state index contributed by atoms with van der Waals surface area (Å²) >= 11 is 0. The molecule has 1 N–H and O–H groups in total. The van der Waals surface area contributed by atoms with E-state index in [4.69, 9.17) is 5.26 Å². The largest absolute Gasteiger partial charge is 0.416 e. The number of nitrogens with zero attached hydrogens (tertiary/aromatic N) is 5. The van der Waals surface area contributed by atoms with Crippen LogP contribution in [0.1, 0.15) is 30.2 Å². The van der Waals surface area contributed by atoms with Gasteiger partial charge >= 0.3 is 11.9 Å². The van der Waals surface area contributed by atoms with Gasteiger partial charge < -0.3 is 0 Å². The molecule has 0 saturated heterocycles. The number of amides is 1. The third-order valence-electron chi connectivity index (χ3n) is 6.20. The first-order valence-electron chi connectivity index (χ1n) is 11.9. The monoisotopic (exact) mass is 586 g/mol. The van der Waals surface area contributed by atoms with Gasteiger partial charge in [-0.2, -0.15) is 23.5 Å². The van der Waals surface area contributed by atoms with E-state index < -0.39 is 43.8 Å². The van der Waals surface area contributed by atoms with Gasteiger partial charge in [-0.25, -0.2) is 22.6 Å². The van der Waals surface area contributed by atoms with E-state index in [1.54, 1.807) is 0 Å². The zero-order valence-corrected chi connectivity index (χ0v) is 22.5. The van der Waals surface area contributed by atoms with E-state index in [2.05, 4.69) is 5.10 Å². The van der Waals surface area contributed by atoms with Crippen molar-refractivity contribution in [3.63, 3.8) is 0 Å². The maximum Gasteiger partial charge on any atom is 0.416 e. The predicted molar refractivity (Wildman–Crippen MR) is 140 cm³/mol. The summed E-state index contributed by atoms with van der Waals surface area (Å²) in [6.45, 7) is 2.70. The summed E-state index contributed by atoms with van der Waals surface area (Å²) in [6, 6.07) is 11.5. The number of halogens is 3. The Morgan fingerprint density at radius 2 is 1.76 bits per heavy atom. The van der Waals surface area contributed by atoms with Crippen molar-refractivity contribution in [2.24, 2.45) is 7.05 Å². The Kier molecular flexibility index (Phi) is 7.46. The van der Waals surface area contributed by atoms with Crippen LogP contribution < -0.4 is 16.0 Å². The molecule has 2 aromatic heterocycles. The number of hydrogen-bond acceptors (Lipinski definition) is 7. The molecular weight excluding hydrogens is 565 g/mol. The van der Waals surface area contributed by atoms with Crippen molar-refractivity contribution in [2.75, 3.05) is 0 Å². The number of nitrogens with one attached hydrogen (secondary N) is 1. The maximum atomic E-state index is 13.6. The van der Waals surface area contributed by atoms with Crippen LogP contribution >= 0.6 is 0 Å². The van der Waals surface area contributed by atoms with Crippen LogP contribution in [0.2, 0.25) is 0 Å². The van der Waals surface area contributed by atoms with E-state index in [0.29, 0.717) is 4.57 Å². The van der Waals surface area contributed by atoms with E-state index in [1.807, 2.05) is 10.8 Å². The molecule has 0 atom stereocenters.